The van der Waals surface area contributed by atoms with Crippen LogP contribution in [0, 0.1) is 0 Å². The van der Waals surface area contributed by atoms with Crippen LogP contribution in [-0.4, -0.2) is 91.9 Å². The van der Waals surface area contributed by atoms with Crippen LogP contribution in [0.15, 0.2) is 0 Å². The third-order valence-electron chi connectivity index (χ3n) is 3.30. The molecule has 1 saturated heterocycles. The van der Waals surface area contributed by atoms with E-state index in [0.717, 1.165) is 0 Å². The molecule has 10 N–H and O–H groups in total. The lowest BCUT2D eigenvalue weighted by Gasteiger charge is -2.37. The molecule has 22 heavy (non-hydrogen) atoms. The Morgan fingerprint density at radius 3 is 2.00 bits per heavy atom. The van der Waals surface area contributed by atoms with Gasteiger partial charge in [0.15, 0.2) is 6.29 Å². The summed E-state index contributed by atoms with van der Waals surface area (Å²) >= 11 is 0. The summed E-state index contributed by atoms with van der Waals surface area (Å²) in [7, 11) is 0. The summed E-state index contributed by atoms with van der Waals surface area (Å²) in [6.45, 7) is 2.86. The Bertz CT molecular complexity index is 318. The van der Waals surface area contributed by atoms with Crippen molar-refractivity contribution in [3.63, 3.8) is 0 Å². The predicted octanol–water partition coefficient (Wildman–Crippen LogP) is -4.61. The average Bonchev–Trinajstić information content (AvgIpc) is 2.49. The van der Waals surface area contributed by atoms with E-state index in [1.165, 1.54) is 6.92 Å². The highest BCUT2D eigenvalue weighted by molar-refractivity contribution is 5.58. The minimum atomic E-state index is -1.41. The molecular weight excluding hydrogens is 300 g/mol. The van der Waals surface area contributed by atoms with E-state index in [9.17, 15) is 9.90 Å². The van der Waals surface area contributed by atoms with E-state index in [1.807, 2.05) is 0 Å². The molecule has 0 aromatic carbocycles. The molecule has 1 fully saturated rings. The first-order valence-electron chi connectivity index (χ1n) is 6.74. The maximum Gasteiger partial charge on any atom is 0.172 e. The summed E-state index contributed by atoms with van der Waals surface area (Å²) in [4.78, 5) is 10.00. The molecule has 1 aliphatic rings. The molecule has 0 amide bonds. The fourth-order valence-corrected chi connectivity index (χ4v) is 1.66. The van der Waals surface area contributed by atoms with Crippen molar-refractivity contribution in [2.45, 2.75) is 68.8 Å². The molecular formula is C12H26N2O8. The second-order valence-electron chi connectivity index (χ2n) is 5.23. The van der Waals surface area contributed by atoms with Crippen LogP contribution in [-0.2, 0) is 9.53 Å². The van der Waals surface area contributed by atoms with Crippen LogP contribution in [0.3, 0.4) is 0 Å². The quantitative estimate of drug-likeness (QED) is 0.232. The lowest BCUT2D eigenvalue weighted by Crippen LogP contribution is -2.60. The number of carbonyl (C=O) groups excluding carboxylic acids is 1. The fourth-order valence-electron chi connectivity index (χ4n) is 1.66. The summed E-state index contributed by atoms with van der Waals surface area (Å²) in [6.07, 6.45) is -7.49. The van der Waals surface area contributed by atoms with Gasteiger partial charge in [0.1, 0.15) is 30.7 Å². The molecule has 0 radical (unpaired) electrons. The third-order valence-corrected chi connectivity index (χ3v) is 3.30. The Kier molecular flexibility index (Phi) is 9.15. The van der Waals surface area contributed by atoms with Gasteiger partial charge in [-0.2, -0.15) is 0 Å². The molecule has 0 saturated carbocycles. The van der Waals surface area contributed by atoms with Gasteiger partial charge in [-0.25, -0.2) is 0 Å². The third kappa shape index (κ3) is 5.83. The van der Waals surface area contributed by atoms with E-state index in [-0.39, 0.29) is 0 Å². The molecule has 132 valence electrons. The number of hydrogen-bond acceptors (Lipinski definition) is 10. The number of aliphatic hydroxyl groups excluding tert-OH is 6. The van der Waals surface area contributed by atoms with E-state index < -0.39 is 55.0 Å². The second-order valence-corrected chi connectivity index (χ2v) is 5.23. The zero-order chi connectivity index (χ0) is 17.6. The van der Waals surface area contributed by atoms with Crippen molar-refractivity contribution in [2.24, 2.45) is 11.5 Å². The number of ether oxygens (including phenoxy) is 1. The minimum Gasteiger partial charge on any atom is -0.391 e. The summed E-state index contributed by atoms with van der Waals surface area (Å²) in [5, 5.41) is 54.1. The van der Waals surface area contributed by atoms with Crippen molar-refractivity contribution in [3.05, 3.63) is 0 Å². The van der Waals surface area contributed by atoms with E-state index in [0.29, 0.717) is 6.29 Å². The van der Waals surface area contributed by atoms with Gasteiger partial charge in [0.25, 0.3) is 0 Å². The molecule has 0 aliphatic carbocycles. The van der Waals surface area contributed by atoms with Gasteiger partial charge in [0.05, 0.1) is 24.3 Å². The molecule has 0 bridgehead atoms. The molecule has 1 aliphatic heterocycles. The Hall–Kier alpha value is -0.690. The molecule has 0 aromatic rings. The first-order valence-corrected chi connectivity index (χ1v) is 6.74. The van der Waals surface area contributed by atoms with Gasteiger partial charge in [-0.3, -0.25) is 0 Å². The highest BCUT2D eigenvalue weighted by Crippen LogP contribution is 2.17. The van der Waals surface area contributed by atoms with E-state index in [2.05, 4.69) is 0 Å². The molecule has 1 unspecified atom stereocenters. The highest BCUT2D eigenvalue weighted by atomic mass is 16.6. The Morgan fingerprint density at radius 2 is 1.59 bits per heavy atom. The molecule has 9 atom stereocenters. The van der Waals surface area contributed by atoms with Crippen LogP contribution >= 0.6 is 0 Å². The molecule has 0 aromatic heterocycles. The van der Waals surface area contributed by atoms with Crippen LogP contribution < -0.4 is 11.5 Å². The van der Waals surface area contributed by atoms with Crippen LogP contribution in [0.1, 0.15) is 13.8 Å². The highest BCUT2D eigenvalue weighted by Gasteiger charge is 2.39. The molecule has 10 nitrogen and oxygen atoms in total. The van der Waals surface area contributed by atoms with E-state index in [4.69, 9.17) is 41.7 Å². The minimum absolute atomic E-state index is 0.316. The SMILES string of the molecule is C[C@@H](O)[C@@H](O)[C@H](O)[C@@H](N)C=O.C[C@H]1OC(O)[C@H](N)[C@@H](O)[C@@H]1O. The number of nitrogens with two attached hydrogens (primary N) is 2. The van der Waals surface area contributed by atoms with Gasteiger partial charge in [-0.15, -0.1) is 0 Å². The Morgan fingerprint density at radius 1 is 1.09 bits per heavy atom. The largest absolute Gasteiger partial charge is 0.391 e. The molecule has 0 spiro atoms. The number of rotatable bonds is 4. The molecule has 10 heteroatoms. The van der Waals surface area contributed by atoms with Gasteiger partial charge < -0.3 is 51.6 Å². The summed E-state index contributed by atoms with van der Waals surface area (Å²) in [5.74, 6) is 0. The number of carbonyl (C=O) groups is 1. The summed E-state index contributed by atoms with van der Waals surface area (Å²) < 4.78 is 4.80. The zero-order valence-corrected chi connectivity index (χ0v) is 12.4. The molecule has 1 rings (SSSR count). The second kappa shape index (κ2) is 9.45. The lowest BCUT2D eigenvalue weighted by atomic mass is 9.99. The summed E-state index contributed by atoms with van der Waals surface area (Å²) in [6, 6.07) is -2.08. The van der Waals surface area contributed by atoms with Gasteiger partial charge in [0, 0.05) is 0 Å². The van der Waals surface area contributed by atoms with Gasteiger partial charge in [-0.1, -0.05) is 0 Å². The van der Waals surface area contributed by atoms with Crippen molar-refractivity contribution in [1.82, 2.24) is 0 Å². The van der Waals surface area contributed by atoms with Crippen LogP contribution in [0.2, 0.25) is 0 Å². The standard InChI is InChI=1S/2C6H13NO4/c1-2-4(8)5(9)3(7)6(10)11-2;1-3(9)5(10)6(11)4(7)2-8/h2-6,8-10H,7H2,1H3;2-6,9-11H,7H2,1H3/t2-,3-,4-,5-,6?;3-,4+,5-,6-/m11/s1. The maximum absolute atomic E-state index is 10.00. The van der Waals surface area contributed by atoms with Gasteiger partial charge in [-0.05, 0) is 13.8 Å². The Labute approximate surface area is 127 Å². The topological polar surface area (TPSA) is 200 Å². The maximum atomic E-state index is 10.00. The summed E-state index contributed by atoms with van der Waals surface area (Å²) in [5.41, 5.74) is 10.4. The van der Waals surface area contributed by atoms with E-state index in [1.54, 1.807) is 6.92 Å². The average molecular weight is 326 g/mol. The van der Waals surface area contributed by atoms with Crippen LogP contribution in [0.4, 0.5) is 0 Å². The number of aldehydes is 1. The van der Waals surface area contributed by atoms with Gasteiger partial charge >= 0.3 is 0 Å². The first kappa shape index (κ1) is 21.3. The molecule has 1 heterocycles. The predicted molar refractivity (Wildman–Crippen MR) is 74.3 cm³/mol. The van der Waals surface area contributed by atoms with Crippen LogP contribution in [0.5, 0.6) is 0 Å². The zero-order valence-electron chi connectivity index (χ0n) is 12.4. The fraction of sp³-hybridized carbons (Fsp3) is 0.917. The van der Waals surface area contributed by atoms with Crippen molar-refractivity contribution in [3.8, 4) is 0 Å². The van der Waals surface area contributed by atoms with Crippen molar-refractivity contribution < 1.29 is 40.2 Å². The monoisotopic (exact) mass is 326 g/mol. The first-order chi connectivity index (χ1) is 10.0. The normalized spacial score (nSPS) is 37.3. The van der Waals surface area contributed by atoms with Crippen molar-refractivity contribution >= 4 is 6.29 Å². The van der Waals surface area contributed by atoms with Crippen molar-refractivity contribution in [1.29, 1.82) is 0 Å². The number of hydrogen-bond donors (Lipinski definition) is 8. The lowest BCUT2D eigenvalue weighted by molar-refractivity contribution is -0.236. The smallest absolute Gasteiger partial charge is 0.172 e. The van der Waals surface area contributed by atoms with Gasteiger partial charge in [0.2, 0.25) is 0 Å². The van der Waals surface area contributed by atoms with Crippen LogP contribution in [0.25, 0.3) is 0 Å². The Balaban J connectivity index is 0.000000401. The van der Waals surface area contributed by atoms with Crippen molar-refractivity contribution in [2.75, 3.05) is 0 Å². The van der Waals surface area contributed by atoms with E-state index >= 15 is 0 Å². The number of aliphatic hydroxyl groups is 6.